The van der Waals surface area contributed by atoms with E-state index in [1.54, 1.807) is 6.07 Å². The summed E-state index contributed by atoms with van der Waals surface area (Å²) in [5.74, 6) is -1.45. The molecular weight excluding hydrogens is 268 g/mol. The monoisotopic (exact) mass is 286 g/mol. The summed E-state index contributed by atoms with van der Waals surface area (Å²) < 4.78 is 0. The van der Waals surface area contributed by atoms with Gasteiger partial charge in [0.05, 0.1) is 11.3 Å². The third kappa shape index (κ3) is 2.97. The van der Waals surface area contributed by atoms with Gasteiger partial charge >= 0.3 is 5.97 Å². The first kappa shape index (κ1) is 14.8. The normalized spacial score (nSPS) is 12.0. The molecule has 0 radical (unpaired) electrons. The molecule has 21 heavy (non-hydrogen) atoms. The number of rotatable bonds is 4. The van der Waals surface area contributed by atoms with E-state index in [2.05, 4.69) is 5.32 Å². The van der Waals surface area contributed by atoms with Gasteiger partial charge in [-0.3, -0.25) is 9.59 Å². The van der Waals surface area contributed by atoms with Crippen molar-refractivity contribution in [2.75, 3.05) is 19.0 Å². The van der Waals surface area contributed by atoms with Crippen molar-refractivity contribution in [1.29, 1.82) is 0 Å². The van der Waals surface area contributed by atoms with Crippen LogP contribution in [0.3, 0.4) is 0 Å². The molecule has 0 spiro atoms. The summed E-state index contributed by atoms with van der Waals surface area (Å²) in [7, 11) is 3.72. The Morgan fingerprint density at radius 2 is 1.81 bits per heavy atom. The van der Waals surface area contributed by atoms with Crippen LogP contribution in [0, 0.1) is 0 Å². The van der Waals surface area contributed by atoms with E-state index in [9.17, 15) is 9.59 Å². The van der Waals surface area contributed by atoms with Gasteiger partial charge in [0.25, 0.3) is 5.91 Å². The second-order valence-corrected chi connectivity index (χ2v) is 5.11. The number of benzene rings is 2. The molecule has 0 aliphatic carbocycles. The molecule has 2 aromatic carbocycles. The zero-order valence-electron chi connectivity index (χ0n) is 12.3. The van der Waals surface area contributed by atoms with E-state index < -0.39 is 12.0 Å². The number of carbonyl (C=O) groups is 2. The molecule has 0 bridgehead atoms. The molecule has 1 atom stereocenters. The summed E-state index contributed by atoms with van der Waals surface area (Å²) in [5, 5.41) is 13.4. The molecule has 0 fully saturated rings. The number of anilines is 1. The highest BCUT2D eigenvalue weighted by Gasteiger charge is 2.20. The number of hydrogen-bond acceptors (Lipinski definition) is 3. The maximum absolute atomic E-state index is 12.3. The van der Waals surface area contributed by atoms with Gasteiger partial charge in [-0.1, -0.05) is 30.3 Å². The maximum Gasteiger partial charge on any atom is 0.325 e. The van der Waals surface area contributed by atoms with E-state index in [4.69, 9.17) is 5.11 Å². The topological polar surface area (TPSA) is 69.6 Å². The van der Waals surface area contributed by atoms with Crippen LogP contribution in [-0.2, 0) is 4.79 Å². The van der Waals surface area contributed by atoms with Crippen molar-refractivity contribution in [2.24, 2.45) is 0 Å². The van der Waals surface area contributed by atoms with Crippen molar-refractivity contribution in [3.05, 3.63) is 42.0 Å². The minimum atomic E-state index is -1.06. The average molecular weight is 286 g/mol. The average Bonchev–Trinajstić information content (AvgIpc) is 2.45. The van der Waals surface area contributed by atoms with Crippen molar-refractivity contribution in [1.82, 2.24) is 5.32 Å². The van der Waals surface area contributed by atoms with Crippen LogP contribution in [0.2, 0.25) is 0 Å². The molecule has 0 heterocycles. The highest BCUT2D eigenvalue weighted by molar-refractivity contribution is 6.09. The molecule has 2 N–H and O–H groups in total. The second-order valence-electron chi connectivity index (χ2n) is 5.11. The molecule has 1 unspecified atom stereocenters. The van der Waals surface area contributed by atoms with E-state index in [0.29, 0.717) is 5.56 Å². The van der Waals surface area contributed by atoms with Crippen LogP contribution < -0.4 is 10.2 Å². The zero-order chi connectivity index (χ0) is 15.6. The molecule has 5 nitrogen and oxygen atoms in total. The van der Waals surface area contributed by atoms with Crippen molar-refractivity contribution in [2.45, 2.75) is 13.0 Å². The third-order valence-electron chi connectivity index (χ3n) is 3.31. The molecule has 1 amide bonds. The molecule has 110 valence electrons. The Bertz CT molecular complexity index is 695. The van der Waals surface area contributed by atoms with Gasteiger partial charge in [-0.25, -0.2) is 0 Å². The fourth-order valence-electron chi connectivity index (χ4n) is 2.26. The van der Waals surface area contributed by atoms with E-state index in [-0.39, 0.29) is 5.91 Å². The van der Waals surface area contributed by atoms with Crippen molar-refractivity contribution in [3.8, 4) is 0 Å². The van der Waals surface area contributed by atoms with E-state index in [1.807, 2.05) is 49.3 Å². The summed E-state index contributed by atoms with van der Waals surface area (Å²) in [6, 6.07) is 10.4. The summed E-state index contributed by atoms with van der Waals surface area (Å²) >= 11 is 0. The standard InChI is InChI=1S/C16H18N2O3/c1-10(16(20)21)17-15(19)13-9-8-11-6-4-5-7-12(11)14(13)18(2)3/h4-10H,1-3H3,(H,17,19)(H,20,21). The predicted octanol–water partition coefficient (Wildman–Crippen LogP) is 2.11. The van der Waals surface area contributed by atoms with Crippen LogP contribution in [0.15, 0.2) is 36.4 Å². The minimum absolute atomic E-state index is 0.389. The number of hydrogen-bond donors (Lipinski definition) is 2. The first-order chi connectivity index (χ1) is 9.91. The molecule has 0 aliphatic heterocycles. The molecular formula is C16H18N2O3. The number of carboxylic acid groups (broad SMARTS) is 1. The highest BCUT2D eigenvalue weighted by atomic mass is 16.4. The minimum Gasteiger partial charge on any atom is -0.480 e. The Morgan fingerprint density at radius 1 is 1.14 bits per heavy atom. The van der Waals surface area contributed by atoms with Gasteiger partial charge in [-0.15, -0.1) is 0 Å². The van der Waals surface area contributed by atoms with E-state index in [0.717, 1.165) is 16.5 Å². The van der Waals surface area contributed by atoms with Gasteiger partial charge in [0.1, 0.15) is 6.04 Å². The molecule has 0 saturated carbocycles. The Hall–Kier alpha value is -2.56. The number of aliphatic carboxylic acids is 1. The van der Waals surface area contributed by atoms with Gasteiger partial charge in [-0.2, -0.15) is 0 Å². The lowest BCUT2D eigenvalue weighted by Crippen LogP contribution is -2.38. The smallest absolute Gasteiger partial charge is 0.325 e. The number of carbonyl (C=O) groups excluding carboxylic acids is 1. The summed E-state index contributed by atoms with van der Waals surface area (Å²) in [6.07, 6.45) is 0. The van der Waals surface area contributed by atoms with E-state index >= 15 is 0 Å². The lowest BCUT2D eigenvalue weighted by atomic mass is 10.0. The van der Waals surface area contributed by atoms with Gasteiger partial charge in [0.2, 0.25) is 0 Å². The lowest BCUT2D eigenvalue weighted by Gasteiger charge is -2.20. The van der Waals surface area contributed by atoms with Crippen molar-refractivity contribution in [3.63, 3.8) is 0 Å². The van der Waals surface area contributed by atoms with Gasteiger partial charge in [0.15, 0.2) is 0 Å². The first-order valence-corrected chi connectivity index (χ1v) is 6.64. The first-order valence-electron chi connectivity index (χ1n) is 6.64. The molecule has 2 rings (SSSR count). The predicted molar refractivity (Wildman–Crippen MR) is 82.8 cm³/mol. The summed E-state index contributed by atoms with van der Waals surface area (Å²) in [6.45, 7) is 1.44. The third-order valence-corrected chi connectivity index (χ3v) is 3.31. The van der Waals surface area contributed by atoms with Crippen LogP contribution in [0.1, 0.15) is 17.3 Å². The number of nitrogens with one attached hydrogen (secondary N) is 1. The fourth-order valence-corrected chi connectivity index (χ4v) is 2.26. The molecule has 0 saturated heterocycles. The Morgan fingerprint density at radius 3 is 2.43 bits per heavy atom. The quantitative estimate of drug-likeness (QED) is 0.903. The number of fused-ring (bicyclic) bond motifs is 1. The van der Waals surface area contributed by atoms with Crippen LogP contribution in [0.25, 0.3) is 10.8 Å². The zero-order valence-corrected chi connectivity index (χ0v) is 12.3. The van der Waals surface area contributed by atoms with Gasteiger partial charge in [-0.05, 0) is 18.4 Å². The molecule has 0 aromatic heterocycles. The maximum atomic E-state index is 12.3. The number of carboxylic acids is 1. The van der Waals surface area contributed by atoms with E-state index in [1.165, 1.54) is 6.92 Å². The molecule has 0 aliphatic rings. The number of amides is 1. The summed E-state index contributed by atoms with van der Waals surface area (Å²) in [4.78, 5) is 25.1. The van der Waals surface area contributed by atoms with Crippen LogP contribution in [-0.4, -0.2) is 37.1 Å². The van der Waals surface area contributed by atoms with Gasteiger partial charge < -0.3 is 15.3 Å². The van der Waals surface area contributed by atoms with Crippen LogP contribution >= 0.6 is 0 Å². The van der Waals surface area contributed by atoms with Gasteiger partial charge in [0, 0.05) is 19.5 Å². The lowest BCUT2D eigenvalue weighted by molar-refractivity contribution is -0.138. The molecule has 5 heteroatoms. The Balaban J connectivity index is 2.51. The fraction of sp³-hybridized carbons (Fsp3) is 0.250. The largest absolute Gasteiger partial charge is 0.480 e. The Labute approximate surface area is 123 Å². The summed E-state index contributed by atoms with van der Waals surface area (Å²) in [5.41, 5.74) is 1.25. The second kappa shape index (κ2) is 5.83. The SMILES string of the molecule is CC(NC(=O)c1ccc2ccccc2c1N(C)C)C(=O)O. The van der Waals surface area contributed by atoms with Crippen LogP contribution in [0.4, 0.5) is 5.69 Å². The molecule has 2 aromatic rings. The van der Waals surface area contributed by atoms with Crippen molar-refractivity contribution < 1.29 is 14.7 Å². The Kier molecular flexibility index (Phi) is 4.12. The number of nitrogens with zero attached hydrogens (tertiary/aromatic N) is 1. The highest BCUT2D eigenvalue weighted by Crippen LogP contribution is 2.29. The van der Waals surface area contributed by atoms with Crippen LogP contribution in [0.5, 0.6) is 0 Å². The van der Waals surface area contributed by atoms with Crippen molar-refractivity contribution >= 4 is 28.3 Å².